The molecule has 0 spiro atoms. The maximum absolute atomic E-state index is 11.5. The highest BCUT2D eigenvalue weighted by molar-refractivity contribution is 6.15. The van der Waals surface area contributed by atoms with Crippen molar-refractivity contribution in [2.75, 3.05) is 0 Å². The minimum atomic E-state index is -0.208. The number of nitrogens with zero attached hydrogens (tertiary/aromatic N) is 3. The molecule has 1 heterocycles. The van der Waals surface area contributed by atoms with Crippen molar-refractivity contribution >= 4 is 22.5 Å². The summed E-state index contributed by atoms with van der Waals surface area (Å²) in [7, 11) is 0. The largest absolute Gasteiger partial charge is 0.278 e. The van der Waals surface area contributed by atoms with Gasteiger partial charge in [-0.2, -0.15) is 4.68 Å². The maximum Gasteiger partial charge on any atom is 0.278 e. The van der Waals surface area contributed by atoms with E-state index >= 15 is 0 Å². The summed E-state index contributed by atoms with van der Waals surface area (Å²) in [5.74, 6) is 0. The van der Waals surface area contributed by atoms with Gasteiger partial charge >= 0.3 is 0 Å². The Morgan fingerprint density at radius 1 is 1.38 bits per heavy atom. The molecule has 13 heavy (non-hydrogen) atoms. The van der Waals surface area contributed by atoms with Gasteiger partial charge in [-0.05, 0) is 12.1 Å². The summed E-state index contributed by atoms with van der Waals surface area (Å²) in [6, 6.07) is 7.06. The van der Waals surface area contributed by atoms with Crippen LogP contribution in [0.5, 0.6) is 0 Å². The number of alkyl halides is 1. The van der Waals surface area contributed by atoms with Gasteiger partial charge in [0.05, 0.1) is 5.39 Å². The predicted octanol–water partition coefficient (Wildman–Crippen LogP) is 0.988. The second-order valence-corrected chi connectivity index (χ2v) is 2.77. The molecule has 4 nitrogen and oxygen atoms in total. The molecule has 5 heteroatoms. The molecular formula is C8H6ClN3O. The Morgan fingerprint density at radius 3 is 2.92 bits per heavy atom. The first-order valence-electron chi connectivity index (χ1n) is 3.71. The van der Waals surface area contributed by atoms with Crippen molar-refractivity contribution in [2.45, 2.75) is 6.00 Å². The molecule has 2 aromatic rings. The average Bonchev–Trinajstić information content (AvgIpc) is 2.19. The molecule has 0 aliphatic rings. The molecule has 0 saturated carbocycles. The molecule has 0 amide bonds. The van der Waals surface area contributed by atoms with E-state index in [0.717, 1.165) is 4.68 Å². The van der Waals surface area contributed by atoms with Crippen LogP contribution in [0.2, 0.25) is 0 Å². The molecule has 0 atom stereocenters. The molecule has 0 N–H and O–H groups in total. The van der Waals surface area contributed by atoms with E-state index in [2.05, 4.69) is 10.3 Å². The standard InChI is InChI=1S/C8H6ClN3O/c9-5-12-8(13)6-3-1-2-4-7(6)10-11-12/h1-4H,5H2. The van der Waals surface area contributed by atoms with Gasteiger partial charge < -0.3 is 0 Å². The molecule has 0 aliphatic carbocycles. The first-order valence-corrected chi connectivity index (χ1v) is 4.25. The van der Waals surface area contributed by atoms with Crippen LogP contribution >= 0.6 is 11.6 Å². The van der Waals surface area contributed by atoms with Crippen molar-refractivity contribution in [3.8, 4) is 0 Å². The molecule has 0 unspecified atom stereocenters. The zero-order valence-corrected chi connectivity index (χ0v) is 7.40. The number of benzene rings is 1. The van der Waals surface area contributed by atoms with Gasteiger partial charge in [0, 0.05) is 0 Å². The second-order valence-electron chi connectivity index (χ2n) is 2.53. The first kappa shape index (κ1) is 8.19. The molecule has 1 aromatic carbocycles. The molecule has 0 radical (unpaired) electrons. The zero-order chi connectivity index (χ0) is 9.26. The van der Waals surface area contributed by atoms with E-state index in [0.29, 0.717) is 10.9 Å². The number of halogens is 1. The fourth-order valence-electron chi connectivity index (χ4n) is 1.10. The second kappa shape index (κ2) is 3.14. The maximum atomic E-state index is 11.5. The summed E-state index contributed by atoms with van der Waals surface area (Å²) in [6.07, 6.45) is 0. The molecular weight excluding hydrogens is 190 g/mol. The molecule has 0 saturated heterocycles. The Kier molecular flexibility index (Phi) is 1.98. The normalized spacial score (nSPS) is 10.5. The Morgan fingerprint density at radius 2 is 2.15 bits per heavy atom. The van der Waals surface area contributed by atoms with Crippen molar-refractivity contribution in [1.82, 2.24) is 15.0 Å². The van der Waals surface area contributed by atoms with Gasteiger partial charge in [0.15, 0.2) is 0 Å². The third-order valence-electron chi connectivity index (χ3n) is 1.74. The summed E-state index contributed by atoms with van der Waals surface area (Å²) >= 11 is 5.49. The van der Waals surface area contributed by atoms with E-state index in [1.165, 1.54) is 0 Å². The van der Waals surface area contributed by atoms with E-state index in [4.69, 9.17) is 11.6 Å². The Labute approximate surface area is 78.7 Å². The summed E-state index contributed by atoms with van der Waals surface area (Å²) < 4.78 is 1.11. The van der Waals surface area contributed by atoms with E-state index in [-0.39, 0.29) is 11.6 Å². The van der Waals surface area contributed by atoms with Gasteiger partial charge in [0.1, 0.15) is 11.5 Å². The van der Waals surface area contributed by atoms with E-state index in [9.17, 15) is 4.79 Å². The van der Waals surface area contributed by atoms with Gasteiger partial charge in [-0.1, -0.05) is 17.3 Å². The number of hydrogen-bond acceptors (Lipinski definition) is 3. The fourth-order valence-corrected chi connectivity index (χ4v) is 1.26. The lowest BCUT2D eigenvalue weighted by molar-refractivity contribution is 0.640. The van der Waals surface area contributed by atoms with Crippen LogP contribution in [0.1, 0.15) is 0 Å². The molecule has 0 fully saturated rings. The van der Waals surface area contributed by atoms with Crippen LogP contribution in [-0.4, -0.2) is 15.0 Å². The number of aromatic nitrogens is 3. The third-order valence-corrected chi connectivity index (χ3v) is 1.97. The highest BCUT2D eigenvalue weighted by Crippen LogP contribution is 2.03. The SMILES string of the molecule is O=c1c2ccccc2nnn1CCl. The highest BCUT2D eigenvalue weighted by atomic mass is 35.5. The lowest BCUT2D eigenvalue weighted by atomic mass is 10.2. The van der Waals surface area contributed by atoms with Crippen molar-refractivity contribution in [2.24, 2.45) is 0 Å². The summed E-state index contributed by atoms with van der Waals surface area (Å²) in [5, 5.41) is 8.03. The zero-order valence-electron chi connectivity index (χ0n) is 6.64. The average molecular weight is 196 g/mol. The highest BCUT2D eigenvalue weighted by Gasteiger charge is 2.02. The third kappa shape index (κ3) is 1.29. The van der Waals surface area contributed by atoms with Crippen LogP contribution in [-0.2, 0) is 6.00 Å². The predicted molar refractivity (Wildman–Crippen MR) is 49.7 cm³/mol. The topological polar surface area (TPSA) is 47.8 Å². The van der Waals surface area contributed by atoms with Gasteiger partial charge in [-0.25, -0.2) is 0 Å². The lowest BCUT2D eigenvalue weighted by Crippen LogP contribution is -2.22. The summed E-state index contributed by atoms with van der Waals surface area (Å²) in [6.45, 7) is 0. The van der Waals surface area contributed by atoms with Crippen molar-refractivity contribution in [3.05, 3.63) is 34.6 Å². The van der Waals surface area contributed by atoms with Gasteiger partial charge in [-0.15, -0.1) is 16.7 Å². The van der Waals surface area contributed by atoms with Crippen LogP contribution in [0.15, 0.2) is 29.1 Å². The van der Waals surface area contributed by atoms with E-state index in [1.807, 2.05) is 6.07 Å². The smallest absolute Gasteiger partial charge is 0.267 e. The van der Waals surface area contributed by atoms with Crippen LogP contribution in [0.3, 0.4) is 0 Å². The van der Waals surface area contributed by atoms with Crippen LogP contribution < -0.4 is 5.56 Å². The van der Waals surface area contributed by atoms with Crippen molar-refractivity contribution in [1.29, 1.82) is 0 Å². The van der Waals surface area contributed by atoms with Crippen LogP contribution in [0.4, 0.5) is 0 Å². The first-order chi connectivity index (χ1) is 6.33. The Bertz CT molecular complexity index is 494. The van der Waals surface area contributed by atoms with Crippen molar-refractivity contribution < 1.29 is 0 Å². The van der Waals surface area contributed by atoms with Gasteiger partial charge in [0.25, 0.3) is 5.56 Å². The number of hydrogen-bond donors (Lipinski definition) is 0. The van der Waals surface area contributed by atoms with E-state index in [1.54, 1.807) is 18.2 Å². The van der Waals surface area contributed by atoms with Crippen LogP contribution in [0.25, 0.3) is 10.9 Å². The number of fused-ring (bicyclic) bond motifs is 1. The molecule has 0 aliphatic heterocycles. The van der Waals surface area contributed by atoms with Gasteiger partial charge in [-0.3, -0.25) is 4.79 Å². The van der Waals surface area contributed by atoms with Gasteiger partial charge in [0.2, 0.25) is 0 Å². The quantitative estimate of drug-likeness (QED) is 0.638. The Hall–Kier alpha value is -1.42. The van der Waals surface area contributed by atoms with Crippen LogP contribution in [0, 0.1) is 0 Å². The molecule has 0 bridgehead atoms. The summed E-state index contributed by atoms with van der Waals surface area (Å²) in [4.78, 5) is 11.5. The Balaban J connectivity index is 2.87. The monoisotopic (exact) mass is 195 g/mol. The minimum Gasteiger partial charge on any atom is -0.267 e. The van der Waals surface area contributed by atoms with Crippen molar-refractivity contribution in [3.63, 3.8) is 0 Å². The lowest BCUT2D eigenvalue weighted by Gasteiger charge is -1.98. The number of rotatable bonds is 1. The van der Waals surface area contributed by atoms with E-state index < -0.39 is 0 Å². The molecule has 1 aromatic heterocycles. The summed E-state index contributed by atoms with van der Waals surface area (Å²) in [5.41, 5.74) is 0.384. The fraction of sp³-hybridized carbons (Fsp3) is 0.125. The molecule has 66 valence electrons. The molecule has 2 rings (SSSR count). The minimum absolute atomic E-state index is 0.0245.